The fourth-order valence-electron chi connectivity index (χ4n) is 3.46. The smallest absolute Gasteiger partial charge is 0.349 e. The molecule has 174 valence electrons. The lowest BCUT2D eigenvalue weighted by Crippen LogP contribution is -2.20. The summed E-state index contributed by atoms with van der Waals surface area (Å²) in [6, 6.07) is 21.0. The van der Waals surface area contributed by atoms with Crippen molar-refractivity contribution in [1.82, 2.24) is 9.55 Å². The zero-order valence-corrected chi connectivity index (χ0v) is 20.4. The fourth-order valence-corrected chi connectivity index (χ4v) is 4.39. The highest BCUT2D eigenvalue weighted by atomic mass is 35.5. The second-order valence-corrected chi connectivity index (χ2v) is 9.14. The number of benzene rings is 3. The molecular weight excluding hydrogens is 472 g/mol. The van der Waals surface area contributed by atoms with Crippen molar-refractivity contribution in [3.8, 4) is 5.75 Å². The number of halogens is 1. The first-order valence-corrected chi connectivity index (χ1v) is 12.0. The van der Waals surface area contributed by atoms with Crippen LogP contribution < -0.4 is 4.74 Å². The average Bonchev–Trinajstić information content (AvgIpc) is 3.16. The Morgan fingerprint density at radius 1 is 1.00 bits per heavy atom. The van der Waals surface area contributed by atoms with Crippen molar-refractivity contribution in [2.24, 2.45) is 0 Å². The number of fused-ring (bicyclic) bond motifs is 1. The van der Waals surface area contributed by atoms with Crippen LogP contribution in [0.4, 0.5) is 0 Å². The number of hydrogen-bond acceptors (Lipinski definition) is 6. The third-order valence-electron chi connectivity index (χ3n) is 5.07. The van der Waals surface area contributed by atoms with Crippen molar-refractivity contribution in [1.29, 1.82) is 0 Å². The molecule has 0 fully saturated rings. The topological polar surface area (TPSA) is 70.4 Å². The molecule has 6 nitrogen and oxygen atoms in total. The minimum Gasteiger partial charge on any atom is -0.453 e. The van der Waals surface area contributed by atoms with Crippen LogP contribution in [0.2, 0.25) is 5.02 Å². The summed E-state index contributed by atoms with van der Waals surface area (Å²) < 4.78 is 12.4. The van der Waals surface area contributed by atoms with E-state index in [9.17, 15) is 9.59 Å². The second-order valence-electron chi connectivity index (χ2n) is 7.79. The summed E-state index contributed by atoms with van der Waals surface area (Å²) in [5.41, 5.74) is 4.96. The van der Waals surface area contributed by atoms with Crippen molar-refractivity contribution in [2.45, 2.75) is 25.5 Å². The maximum Gasteiger partial charge on any atom is 0.349 e. The van der Waals surface area contributed by atoms with E-state index >= 15 is 0 Å². The first-order chi connectivity index (χ1) is 16.4. The van der Waals surface area contributed by atoms with E-state index in [2.05, 4.69) is 34.7 Å². The lowest BCUT2D eigenvalue weighted by Gasteiger charge is -2.10. The minimum absolute atomic E-state index is 0.0183. The van der Waals surface area contributed by atoms with Gasteiger partial charge in [0.15, 0.2) is 11.8 Å². The van der Waals surface area contributed by atoms with Crippen LogP contribution in [0.25, 0.3) is 11.0 Å². The molecule has 0 amide bonds. The third kappa shape index (κ3) is 5.98. The number of nitrogens with zero attached hydrogens (tertiary/aromatic N) is 2. The predicted molar refractivity (Wildman–Crippen MR) is 134 cm³/mol. The third-order valence-corrected chi connectivity index (χ3v) is 6.45. The number of aryl methyl sites for hydroxylation is 2. The highest BCUT2D eigenvalue weighted by Crippen LogP contribution is 2.26. The quantitative estimate of drug-likeness (QED) is 0.180. The van der Waals surface area contributed by atoms with E-state index in [0.717, 1.165) is 22.2 Å². The zero-order chi connectivity index (χ0) is 24.1. The highest BCUT2D eigenvalue weighted by molar-refractivity contribution is 7.99. The summed E-state index contributed by atoms with van der Waals surface area (Å²) in [7, 11) is 0. The van der Waals surface area contributed by atoms with E-state index in [1.54, 1.807) is 18.2 Å². The Labute approximate surface area is 206 Å². The number of carbonyl (C=O) groups is 2. The van der Waals surface area contributed by atoms with Crippen LogP contribution in [0.15, 0.2) is 71.9 Å². The van der Waals surface area contributed by atoms with Crippen LogP contribution in [0, 0.1) is 13.8 Å². The Hall–Kier alpha value is -3.29. The Kier molecular flexibility index (Phi) is 7.55. The second kappa shape index (κ2) is 10.8. The van der Waals surface area contributed by atoms with Gasteiger partial charge in [-0.1, -0.05) is 65.3 Å². The van der Waals surface area contributed by atoms with Crippen molar-refractivity contribution in [2.75, 3.05) is 12.4 Å². The van der Waals surface area contributed by atoms with E-state index in [-0.39, 0.29) is 5.75 Å². The van der Waals surface area contributed by atoms with Crippen LogP contribution in [-0.4, -0.2) is 33.8 Å². The molecule has 0 aliphatic rings. The van der Waals surface area contributed by atoms with Gasteiger partial charge in [-0.3, -0.25) is 4.79 Å². The zero-order valence-electron chi connectivity index (χ0n) is 18.8. The molecule has 3 aromatic carbocycles. The van der Waals surface area contributed by atoms with Gasteiger partial charge < -0.3 is 14.0 Å². The number of carbonyl (C=O) groups excluding carboxylic acids is 2. The fraction of sp³-hybridized carbons (Fsp3) is 0.192. The Morgan fingerprint density at radius 3 is 2.62 bits per heavy atom. The number of ether oxygens (including phenoxy) is 2. The van der Waals surface area contributed by atoms with Crippen LogP contribution in [0.5, 0.6) is 5.75 Å². The van der Waals surface area contributed by atoms with Gasteiger partial charge in [-0.2, -0.15) is 0 Å². The van der Waals surface area contributed by atoms with Gasteiger partial charge in [0.1, 0.15) is 5.75 Å². The summed E-state index contributed by atoms with van der Waals surface area (Å²) in [4.78, 5) is 29.0. The molecule has 8 heteroatoms. The molecule has 0 radical (unpaired) electrons. The number of aromatic nitrogens is 2. The minimum atomic E-state index is -0.660. The first kappa shape index (κ1) is 23.9. The number of thioether (sulfide) groups is 1. The lowest BCUT2D eigenvalue weighted by atomic mass is 10.1. The number of para-hydroxylation sites is 2. The molecule has 0 saturated heterocycles. The summed E-state index contributed by atoms with van der Waals surface area (Å²) in [5, 5.41) is 1.29. The van der Waals surface area contributed by atoms with E-state index in [4.69, 9.17) is 21.1 Å². The molecule has 4 rings (SSSR count). The molecule has 0 atom stereocenters. The molecule has 0 saturated carbocycles. The molecule has 0 aliphatic heterocycles. The van der Waals surface area contributed by atoms with Gasteiger partial charge in [0.25, 0.3) is 0 Å². The largest absolute Gasteiger partial charge is 0.453 e. The van der Waals surface area contributed by atoms with Crippen LogP contribution in [0.1, 0.15) is 16.7 Å². The number of imidazole rings is 1. The highest BCUT2D eigenvalue weighted by Gasteiger charge is 2.15. The van der Waals surface area contributed by atoms with E-state index < -0.39 is 18.5 Å². The molecule has 34 heavy (non-hydrogen) atoms. The summed E-state index contributed by atoms with van der Waals surface area (Å²) in [5.74, 6) is -0.817. The van der Waals surface area contributed by atoms with Crippen molar-refractivity contribution in [3.63, 3.8) is 0 Å². The average molecular weight is 495 g/mol. The van der Waals surface area contributed by atoms with Crippen LogP contribution >= 0.6 is 23.4 Å². The molecule has 0 unspecified atom stereocenters. The molecule has 1 aromatic heterocycles. The van der Waals surface area contributed by atoms with Crippen molar-refractivity contribution >= 4 is 46.3 Å². The van der Waals surface area contributed by atoms with Crippen molar-refractivity contribution in [3.05, 3.63) is 88.4 Å². The van der Waals surface area contributed by atoms with E-state index in [1.807, 2.05) is 37.3 Å². The van der Waals surface area contributed by atoms with Gasteiger partial charge >= 0.3 is 11.9 Å². The normalized spacial score (nSPS) is 10.9. The number of hydrogen-bond donors (Lipinski definition) is 0. The molecule has 0 spiro atoms. The Balaban J connectivity index is 1.37. The Bertz CT molecular complexity index is 1350. The summed E-state index contributed by atoms with van der Waals surface area (Å²) in [6.07, 6.45) is 0. The summed E-state index contributed by atoms with van der Waals surface area (Å²) >= 11 is 7.25. The van der Waals surface area contributed by atoms with E-state index in [0.29, 0.717) is 22.5 Å². The maximum absolute atomic E-state index is 12.3. The molecule has 4 aromatic rings. The standard InChI is InChI=1S/C26H23ClN2O4S/c1-17-6-5-7-19(12-17)14-29-23-9-4-3-8-22(23)28-26(29)34-16-25(31)32-15-24(30)33-20-10-11-21(27)18(2)13-20/h3-13H,14-16H2,1-2H3. The van der Waals surface area contributed by atoms with Crippen molar-refractivity contribution < 1.29 is 19.1 Å². The maximum atomic E-state index is 12.3. The molecule has 1 heterocycles. The van der Waals surface area contributed by atoms with Crippen LogP contribution in [-0.2, 0) is 20.9 Å². The molecular formula is C26H23ClN2O4S. The number of rotatable bonds is 8. The van der Waals surface area contributed by atoms with E-state index in [1.165, 1.54) is 17.3 Å². The van der Waals surface area contributed by atoms with Gasteiger partial charge in [0, 0.05) is 5.02 Å². The number of esters is 2. The first-order valence-electron chi connectivity index (χ1n) is 10.6. The van der Waals surface area contributed by atoms with Gasteiger partial charge in [-0.15, -0.1) is 0 Å². The SMILES string of the molecule is Cc1cccc(Cn2c(SCC(=O)OCC(=O)Oc3ccc(Cl)c(C)c3)nc3ccccc32)c1. The molecule has 0 bridgehead atoms. The lowest BCUT2D eigenvalue weighted by molar-refractivity contribution is -0.151. The van der Waals surface area contributed by atoms with Gasteiger partial charge in [-0.25, -0.2) is 9.78 Å². The summed E-state index contributed by atoms with van der Waals surface area (Å²) in [6.45, 7) is 4.02. The molecule has 0 aliphatic carbocycles. The predicted octanol–water partition coefficient (Wildman–Crippen LogP) is 5.60. The monoisotopic (exact) mass is 494 g/mol. The van der Waals surface area contributed by atoms with Gasteiger partial charge in [0.2, 0.25) is 0 Å². The van der Waals surface area contributed by atoms with Gasteiger partial charge in [-0.05, 0) is 55.3 Å². The molecule has 0 N–H and O–H groups in total. The van der Waals surface area contributed by atoms with Gasteiger partial charge in [0.05, 0.1) is 23.3 Å². The van der Waals surface area contributed by atoms with Crippen LogP contribution in [0.3, 0.4) is 0 Å². The Morgan fingerprint density at radius 2 is 1.82 bits per heavy atom.